The summed E-state index contributed by atoms with van der Waals surface area (Å²) in [5.74, 6) is -1.33. The van der Waals surface area contributed by atoms with Crippen molar-refractivity contribution in [2.45, 2.75) is 70.1 Å². The van der Waals surface area contributed by atoms with Crippen LogP contribution in [0.2, 0.25) is 0 Å². The van der Waals surface area contributed by atoms with Gasteiger partial charge in [0, 0.05) is 57.1 Å². The highest BCUT2D eigenvalue weighted by atomic mass is 16.7. The van der Waals surface area contributed by atoms with Crippen molar-refractivity contribution in [3.05, 3.63) is 65.2 Å². The van der Waals surface area contributed by atoms with Gasteiger partial charge >= 0.3 is 5.97 Å². The minimum absolute atomic E-state index is 0.00735. The Hall–Kier alpha value is -2.86. The van der Waals surface area contributed by atoms with E-state index in [0.717, 1.165) is 49.2 Å². The van der Waals surface area contributed by atoms with Gasteiger partial charge in [-0.15, -0.1) is 0 Å². The van der Waals surface area contributed by atoms with Gasteiger partial charge in [0.25, 0.3) is 5.91 Å². The van der Waals surface area contributed by atoms with Crippen molar-refractivity contribution in [3.63, 3.8) is 0 Å². The summed E-state index contributed by atoms with van der Waals surface area (Å²) in [5, 5.41) is 12.2. The molecule has 0 aliphatic carbocycles. The molecule has 4 atom stereocenters. The van der Waals surface area contributed by atoms with Crippen LogP contribution in [0.4, 0.5) is 5.69 Å². The molecule has 2 N–H and O–H groups in total. The molecule has 0 saturated carbocycles. The van der Waals surface area contributed by atoms with E-state index in [1.165, 1.54) is 13.8 Å². The minimum atomic E-state index is -0.891. The highest BCUT2D eigenvalue weighted by Gasteiger charge is 2.41. The van der Waals surface area contributed by atoms with Crippen LogP contribution in [-0.4, -0.2) is 72.7 Å². The highest BCUT2D eigenvalue weighted by Crippen LogP contribution is 2.39. The van der Waals surface area contributed by atoms with Crippen LogP contribution in [-0.2, 0) is 39.9 Å². The van der Waals surface area contributed by atoms with E-state index >= 15 is 0 Å². The number of aliphatic hydroxyl groups excluding tert-OH is 1. The maximum atomic E-state index is 12.3. The number of hydrogen-bond acceptors (Lipinski definition) is 9. The van der Waals surface area contributed by atoms with Gasteiger partial charge in [-0.1, -0.05) is 36.4 Å². The summed E-state index contributed by atoms with van der Waals surface area (Å²) < 4.78 is 29.6. The third-order valence-corrected chi connectivity index (χ3v) is 7.67. The first-order valence-electron chi connectivity index (χ1n) is 13.9. The number of likely N-dealkylation sites (tertiary alicyclic amines) is 1. The molecule has 216 valence electrons. The number of ether oxygens (including phenoxy) is 5. The first-order valence-corrected chi connectivity index (χ1v) is 13.9. The fourth-order valence-electron chi connectivity index (χ4n) is 5.45. The SMILES string of the molecule is CC(=O)OC(C)C(=O)Nc1ccc(C2OC(CN3CCC4(CC3)OCCO4)CC(c3ccc(CO)cc3)O2)cc1. The van der Waals surface area contributed by atoms with Crippen LogP contribution in [0.3, 0.4) is 0 Å². The van der Waals surface area contributed by atoms with Gasteiger partial charge < -0.3 is 39.0 Å². The van der Waals surface area contributed by atoms with Crippen molar-refractivity contribution in [3.8, 4) is 0 Å². The third-order valence-electron chi connectivity index (χ3n) is 7.67. The third kappa shape index (κ3) is 7.06. The Balaban J connectivity index is 1.26. The molecule has 10 heteroatoms. The van der Waals surface area contributed by atoms with E-state index in [-0.39, 0.29) is 18.8 Å². The Morgan fingerprint density at radius 3 is 2.30 bits per heavy atom. The van der Waals surface area contributed by atoms with Gasteiger partial charge in [0.1, 0.15) is 0 Å². The lowest BCUT2D eigenvalue weighted by Crippen LogP contribution is -2.48. The van der Waals surface area contributed by atoms with E-state index in [0.29, 0.717) is 25.3 Å². The standard InChI is InChI=1S/C30H38N2O8/c1-20(38-21(2)34)28(35)31-25-9-7-24(8-10-25)29-39-26(17-27(40-29)23-5-3-22(19-33)4-6-23)18-32-13-11-30(12-14-32)36-15-16-37-30/h3-10,20,26-27,29,33H,11-19H2,1-2H3,(H,31,35). The van der Waals surface area contributed by atoms with Crippen LogP contribution in [0.1, 0.15) is 62.2 Å². The first kappa shape index (κ1) is 28.7. The van der Waals surface area contributed by atoms with E-state index in [4.69, 9.17) is 23.7 Å². The van der Waals surface area contributed by atoms with Crippen LogP contribution in [0.25, 0.3) is 0 Å². The summed E-state index contributed by atoms with van der Waals surface area (Å²) in [6.07, 6.45) is 0.652. The number of amides is 1. The van der Waals surface area contributed by atoms with E-state index in [2.05, 4.69) is 10.2 Å². The molecule has 3 aliphatic rings. The number of carbonyl (C=O) groups is 2. The van der Waals surface area contributed by atoms with Crippen molar-refractivity contribution in [1.29, 1.82) is 0 Å². The number of nitrogens with one attached hydrogen (secondary N) is 1. The number of esters is 1. The maximum absolute atomic E-state index is 12.3. The average Bonchev–Trinajstić information content (AvgIpc) is 3.42. The van der Waals surface area contributed by atoms with Gasteiger partial charge in [-0.25, -0.2) is 0 Å². The van der Waals surface area contributed by atoms with Crippen LogP contribution >= 0.6 is 0 Å². The molecule has 2 aromatic rings. The molecular formula is C30H38N2O8. The summed E-state index contributed by atoms with van der Waals surface area (Å²) in [5.41, 5.74) is 3.29. The van der Waals surface area contributed by atoms with Crippen molar-refractivity contribution in [1.82, 2.24) is 4.90 Å². The Morgan fingerprint density at radius 2 is 1.68 bits per heavy atom. The minimum Gasteiger partial charge on any atom is -0.453 e. The monoisotopic (exact) mass is 554 g/mol. The largest absolute Gasteiger partial charge is 0.453 e. The van der Waals surface area contributed by atoms with Crippen molar-refractivity contribution >= 4 is 17.6 Å². The predicted molar refractivity (Wildman–Crippen MR) is 145 cm³/mol. The number of aliphatic hydroxyl groups is 1. The van der Waals surface area contributed by atoms with Crippen LogP contribution in [0.15, 0.2) is 48.5 Å². The number of benzene rings is 2. The molecule has 3 saturated heterocycles. The molecule has 3 fully saturated rings. The second kappa shape index (κ2) is 12.8. The Kier molecular flexibility index (Phi) is 9.14. The number of piperidine rings is 1. The zero-order valence-corrected chi connectivity index (χ0v) is 23.0. The second-order valence-electron chi connectivity index (χ2n) is 10.6. The maximum Gasteiger partial charge on any atom is 0.303 e. The molecule has 0 aromatic heterocycles. The first-order chi connectivity index (χ1) is 19.3. The summed E-state index contributed by atoms with van der Waals surface area (Å²) in [7, 11) is 0. The lowest BCUT2D eigenvalue weighted by atomic mass is 9.98. The molecule has 5 rings (SSSR count). The van der Waals surface area contributed by atoms with Gasteiger partial charge in [-0.05, 0) is 30.2 Å². The zero-order chi connectivity index (χ0) is 28.1. The summed E-state index contributed by atoms with van der Waals surface area (Å²) in [6, 6.07) is 15.1. The number of anilines is 1. The number of carbonyl (C=O) groups excluding carboxylic acids is 2. The molecule has 4 unspecified atom stereocenters. The summed E-state index contributed by atoms with van der Waals surface area (Å²) in [4.78, 5) is 25.9. The Labute approximate surface area is 234 Å². The fraction of sp³-hybridized carbons (Fsp3) is 0.533. The van der Waals surface area contributed by atoms with Crippen LogP contribution in [0, 0.1) is 0 Å². The molecule has 3 aliphatic heterocycles. The average molecular weight is 555 g/mol. The lowest BCUT2D eigenvalue weighted by molar-refractivity contribution is -0.255. The molecule has 0 radical (unpaired) electrons. The van der Waals surface area contributed by atoms with Crippen molar-refractivity contribution < 1.29 is 38.4 Å². The van der Waals surface area contributed by atoms with Crippen LogP contribution in [0.5, 0.6) is 0 Å². The number of nitrogens with zero attached hydrogens (tertiary/aromatic N) is 1. The highest BCUT2D eigenvalue weighted by molar-refractivity contribution is 5.94. The molecular weight excluding hydrogens is 516 g/mol. The van der Waals surface area contributed by atoms with Gasteiger partial charge in [0.05, 0.1) is 32.0 Å². The van der Waals surface area contributed by atoms with Crippen molar-refractivity contribution in [2.24, 2.45) is 0 Å². The van der Waals surface area contributed by atoms with Gasteiger partial charge in [0.2, 0.25) is 0 Å². The number of rotatable bonds is 8. The van der Waals surface area contributed by atoms with E-state index in [1.807, 2.05) is 36.4 Å². The molecule has 2 aromatic carbocycles. The van der Waals surface area contributed by atoms with E-state index < -0.39 is 30.1 Å². The molecule has 1 amide bonds. The van der Waals surface area contributed by atoms with Gasteiger partial charge in [0.15, 0.2) is 18.2 Å². The second-order valence-corrected chi connectivity index (χ2v) is 10.6. The van der Waals surface area contributed by atoms with E-state index in [9.17, 15) is 14.7 Å². The molecule has 0 bridgehead atoms. The van der Waals surface area contributed by atoms with Crippen molar-refractivity contribution in [2.75, 3.05) is 38.2 Å². The topological polar surface area (TPSA) is 116 Å². The van der Waals surface area contributed by atoms with E-state index in [1.54, 1.807) is 12.1 Å². The smallest absolute Gasteiger partial charge is 0.303 e. The normalized spacial score (nSPS) is 25.4. The summed E-state index contributed by atoms with van der Waals surface area (Å²) >= 11 is 0. The Bertz CT molecular complexity index is 1140. The molecule has 10 nitrogen and oxygen atoms in total. The van der Waals surface area contributed by atoms with Crippen LogP contribution < -0.4 is 5.32 Å². The molecule has 40 heavy (non-hydrogen) atoms. The quantitative estimate of drug-likeness (QED) is 0.474. The van der Waals surface area contributed by atoms with Gasteiger partial charge in [-0.3, -0.25) is 9.59 Å². The fourth-order valence-corrected chi connectivity index (χ4v) is 5.45. The van der Waals surface area contributed by atoms with Gasteiger partial charge in [-0.2, -0.15) is 0 Å². The molecule has 3 heterocycles. The number of hydrogen-bond donors (Lipinski definition) is 2. The molecule has 1 spiro atoms. The zero-order valence-electron chi connectivity index (χ0n) is 23.0. The Morgan fingerprint density at radius 1 is 1.02 bits per heavy atom. The lowest BCUT2D eigenvalue weighted by Gasteiger charge is -2.41. The summed E-state index contributed by atoms with van der Waals surface area (Å²) in [6.45, 7) is 6.63. The predicted octanol–water partition coefficient (Wildman–Crippen LogP) is 3.45.